The highest BCUT2D eigenvalue weighted by Gasteiger charge is 2.17. The first-order valence-electron chi connectivity index (χ1n) is 3.88. The standard InChI is InChI=1S/C9H9ClN2O2.ClH/c1-2-8(11)7-5-6(10)3-4-9(7)12(13)14;/h2-5,8H,1,11H2;1H/t8-;/m1./s1. The maximum absolute atomic E-state index is 10.6. The van der Waals surface area contributed by atoms with Gasteiger partial charge in [-0.15, -0.1) is 19.0 Å². The molecule has 0 amide bonds. The largest absolute Gasteiger partial charge is 0.321 e. The Morgan fingerprint density at radius 1 is 1.60 bits per heavy atom. The van der Waals surface area contributed by atoms with Gasteiger partial charge in [0.2, 0.25) is 0 Å². The second-order valence-electron chi connectivity index (χ2n) is 2.72. The fraction of sp³-hybridized carbons (Fsp3) is 0.111. The maximum atomic E-state index is 10.6. The van der Waals surface area contributed by atoms with E-state index < -0.39 is 11.0 Å². The molecule has 0 aliphatic rings. The first-order valence-corrected chi connectivity index (χ1v) is 4.26. The summed E-state index contributed by atoms with van der Waals surface area (Å²) >= 11 is 5.71. The summed E-state index contributed by atoms with van der Waals surface area (Å²) in [6.07, 6.45) is 1.43. The molecule has 0 aliphatic carbocycles. The maximum Gasteiger partial charge on any atom is 0.274 e. The van der Waals surface area contributed by atoms with Crippen molar-refractivity contribution in [1.29, 1.82) is 0 Å². The molecule has 0 fully saturated rings. The third-order valence-electron chi connectivity index (χ3n) is 1.80. The van der Waals surface area contributed by atoms with Gasteiger partial charge < -0.3 is 5.73 Å². The molecule has 2 N–H and O–H groups in total. The van der Waals surface area contributed by atoms with Crippen LogP contribution in [0.4, 0.5) is 5.69 Å². The highest BCUT2D eigenvalue weighted by atomic mass is 35.5. The lowest BCUT2D eigenvalue weighted by molar-refractivity contribution is -0.385. The third kappa shape index (κ3) is 3.20. The van der Waals surface area contributed by atoms with E-state index in [2.05, 4.69) is 6.58 Å². The van der Waals surface area contributed by atoms with E-state index in [4.69, 9.17) is 17.3 Å². The average molecular weight is 249 g/mol. The molecule has 0 unspecified atom stereocenters. The van der Waals surface area contributed by atoms with Gasteiger partial charge in [-0.05, 0) is 12.1 Å². The molecule has 0 bridgehead atoms. The van der Waals surface area contributed by atoms with Gasteiger partial charge in [-0.25, -0.2) is 0 Å². The number of hydrogen-bond donors (Lipinski definition) is 1. The minimum atomic E-state index is -0.575. The van der Waals surface area contributed by atoms with Crippen molar-refractivity contribution in [3.63, 3.8) is 0 Å². The second kappa shape index (κ2) is 5.70. The molecule has 82 valence electrons. The van der Waals surface area contributed by atoms with Crippen LogP contribution in [0.25, 0.3) is 0 Å². The molecule has 1 aromatic carbocycles. The van der Waals surface area contributed by atoms with E-state index in [-0.39, 0.29) is 18.1 Å². The number of nitrogens with two attached hydrogens (primary N) is 1. The van der Waals surface area contributed by atoms with Gasteiger partial charge in [0.15, 0.2) is 0 Å². The molecule has 0 heterocycles. The van der Waals surface area contributed by atoms with Crippen LogP contribution in [0.5, 0.6) is 0 Å². The van der Waals surface area contributed by atoms with Crippen LogP contribution >= 0.6 is 24.0 Å². The third-order valence-corrected chi connectivity index (χ3v) is 2.03. The minimum Gasteiger partial charge on any atom is -0.321 e. The Balaban J connectivity index is 0.00000196. The van der Waals surface area contributed by atoms with Crippen LogP contribution in [0.3, 0.4) is 0 Å². The Morgan fingerprint density at radius 3 is 2.67 bits per heavy atom. The fourth-order valence-electron chi connectivity index (χ4n) is 1.09. The van der Waals surface area contributed by atoms with Gasteiger partial charge in [0.05, 0.1) is 16.5 Å². The van der Waals surface area contributed by atoms with Crippen molar-refractivity contribution in [3.05, 3.63) is 51.6 Å². The van der Waals surface area contributed by atoms with Gasteiger partial charge in [-0.3, -0.25) is 10.1 Å². The summed E-state index contributed by atoms with van der Waals surface area (Å²) in [5, 5.41) is 11.0. The molecule has 15 heavy (non-hydrogen) atoms. The molecule has 1 atom stereocenters. The van der Waals surface area contributed by atoms with Crippen molar-refractivity contribution in [2.45, 2.75) is 6.04 Å². The van der Waals surface area contributed by atoms with Crippen LogP contribution in [0.1, 0.15) is 11.6 Å². The van der Waals surface area contributed by atoms with Crippen LogP contribution in [-0.2, 0) is 0 Å². The van der Waals surface area contributed by atoms with E-state index in [1.807, 2.05) is 0 Å². The number of benzene rings is 1. The summed E-state index contributed by atoms with van der Waals surface area (Å²) in [5.74, 6) is 0. The lowest BCUT2D eigenvalue weighted by Crippen LogP contribution is -2.09. The zero-order chi connectivity index (χ0) is 10.7. The summed E-state index contributed by atoms with van der Waals surface area (Å²) in [6, 6.07) is 3.69. The predicted molar refractivity (Wildman–Crippen MR) is 62.5 cm³/mol. The Labute approximate surface area is 98.3 Å². The van der Waals surface area contributed by atoms with E-state index in [0.29, 0.717) is 10.6 Å². The summed E-state index contributed by atoms with van der Waals surface area (Å²) in [4.78, 5) is 10.1. The summed E-state index contributed by atoms with van der Waals surface area (Å²) in [7, 11) is 0. The minimum absolute atomic E-state index is 0. The van der Waals surface area contributed by atoms with Gasteiger partial charge in [0.25, 0.3) is 5.69 Å². The van der Waals surface area contributed by atoms with Crippen molar-refractivity contribution < 1.29 is 4.92 Å². The van der Waals surface area contributed by atoms with Gasteiger partial charge in [0.1, 0.15) is 0 Å². The Kier molecular flexibility index (Phi) is 5.28. The number of hydrogen-bond acceptors (Lipinski definition) is 3. The molecule has 1 aromatic rings. The van der Waals surface area contributed by atoms with Crippen LogP contribution < -0.4 is 5.73 Å². The first kappa shape index (κ1) is 13.9. The number of nitrogens with zero attached hydrogens (tertiary/aromatic N) is 1. The highest BCUT2D eigenvalue weighted by Crippen LogP contribution is 2.27. The van der Waals surface area contributed by atoms with Crippen molar-refractivity contribution in [2.75, 3.05) is 0 Å². The van der Waals surface area contributed by atoms with Crippen molar-refractivity contribution in [1.82, 2.24) is 0 Å². The SMILES string of the molecule is C=C[C@@H](N)c1cc(Cl)ccc1[N+](=O)[O-].Cl. The van der Waals surface area contributed by atoms with Crippen LogP contribution in [0.15, 0.2) is 30.9 Å². The Bertz CT molecular complexity index is 382. The molecular formula is C9H10Cl2N2O2. The molecule has 0 spiro atoms. The molecule has 0 radical (unpaired) electrons. The summed E-state index contributed by atoms with van der Waals surface area (Å²) in [6.45, 7) is 3.48. The second-order valence-corrected chi connectivity index (χ2v) is 3.16. The van der Waals surface area contributed by atoms with E-state index in [0.717, 1.165) is 0 Å². The van der Waals surface area contributed by atoms with Crippen LogP contribution in [-0.4, -0.2) is 4.92 Å². The van der Waals surface area contributed by atoms with Crippen molar-refractivity contribution >= 4 is 29.7 Å². The predicted octanol–water partition coefficient (Wildman–Crippen LogP) is 2.86. The molecular weight excluding hydrogens is 239 g/mol. The number of nitro groups is 1. The molecule has 0 saturated carbocycles. The summed E-state index contributed by atoms with van der Waals surface area (Å²) < 4.78 is 0. The zero-order valence-corrected chi connectivity index (χ0v) is 9.29. The highest BCUT2D eigenvalue weighted by molar-refractivity contribution is 6.30. The van der Waals surface area contributed by atoms with Crippen LogP contribution in [0.2, 0.25) is 5.02 Å². The molecule has 0 aliphatic heterocycles. The molecule has 4 nitrogen and oxygen atoms in total. The van der Waals surface area contributed by atoms with E-state index in [9.17, 15) is 10.1 Å². The average Bonchev–Trinajstić information content (AvgIpc) is 2.16. The van der Waals surface area contributed by atoms with Crippen molar-refractivity contribution in [3.8, 4) is 0 Å². The summed E-state index contributed by atoms with van der Waals surface area (Å²) in [5.41, 5.74) is 5.95. The van der Waals surface area contributed by atoms with Gasteiger partial charge in [-0.2, -0.15) is 0 Å². The normalized spacial score (nSPS) is 11.3. The number of rotatable bonds is 3. The monoisotopic (exact) mass is 248 g/mol. The van der Waals surface area contributed by atoms with E-state index in [1.54, 1.807) is 0 Å². The molecule has 0 saturated heterocycles. The lowest BCUT2D eigenvalue weighted by atomic mass is 10.1. The Morgan fingerprint density at radius 2 is 2.20 bits per heavy atom. The Hall–Kier alpha value is -1.10. The molecule has 6 heteroatoms. The topological polar surface area (TPSA) is 69.2 Å². The van der Waals surface area contributed by atoms with E-state index in [1.165, 1.54) is 24.3 Å². The van der Waals surface area contributed by atoms with Gasteiger partial charge in [-0.1, -0.05) is 17.7 Å². The van der Waals surface area contributed by atoms with E-state index >= 15 is 0 Å². The molecule has 0 aromatic heterocycles. The van der Waals surface area contributed by atoms with Crippen molar-refractivity contribution in [2.24, 2.45) is 5.73 Å². The fourth-order valence-corrected chi connectivity index (χ4v) is 1.27. The number of halogens is 2. The van der Waals surface area contributed by atoms with Crippen LogP contribution in [0, 0.1) is 10.1 Å². The quantitative estimate of drug-likeness (QED) is 0.508. The molecule has 1 rings (SSSR count). The smallest absolute Gasteiger partial charge is 0.274 e. The van der Waals surface area contributed by atoms with Gasteiger partial charge >= 0.3 is 0 Å². The number of nitro benzene ring substituents is 1. The van der Waals surface area contributed by atoms with Gasteiger partial charge in [0, 0.05) is 11.1 Å². The lowest BCUT2D eigenvalue weighted by Gasteiger charge is -2.07. The zero-order valence-electron chi connectivity index (χ0n) is 7.72. The first-order chi connectivity index (χ1) is 6.56.